The van der Waals surface area contributed by atoms with E-state index in [0.717, 1.165) is 17.7 Å². The van der Waals surface area contributed by atoms with E-state index in [-0.39, 0.29) is 17.2 Å². The van der Waals surface area contributed by atoms with Crippen LogP contribution in [0.5, 0.6) is 11.5 Å². The lowest BCUT2D eigenvalue weighted by molar-refractivity contribution is -0.123. The third-order valence-corrected chi connectivity index (χ3v) is 5.43. The van der Waals surface area contributed by atoms with Crippen molar-refractivity contribution >= 4 is 12.1 Å². The van der Waals surface area contributed by atoms with Crippen molar-refractivity contribution in [3.05, 3.63) is 23.8 Å². The maximum atomic E-state index is 12.4. The van der Waals surface area contributed by atoms with Gasteiger partial charge in [0.05, 0.1) is 20.4 Å². The molecule has 3 atom stereocenters. The third-order valence-electron chi connectivity index (χ3n) is 5.43. The van der Waals surface area contributed by atoms with Crippen molar-refractivity contribution in [3.63, 3.8) is 0 Å². The number of ether oxygens (including phenoxy) is 2. The highest BCUT2D eigenvalue weighted by Crippen LogP contribution is 2.66. The number of amides is 1. The fourth-order valence-electron chi connectivity index (χ4n) is 4.03. The Morgan fingerprint density at radius 1 is 1.35 bits per heavy atom. The molecular weight excluding hydrogens is 292 g/mol. The standard InChI is InChI=1S/C18H24N2O3/c1-18-9-5-4-6-14(18)16(18)17(21)20-19-11-12-10-13(22-2)7-8-15(12)23-3/h7-8,10-11,14,16H,4-6,9H2,1-3H3,(H,20,21)/b19-11+/t14-,16-,18+/m0/s1. The molecule has 1 aromatic carbocycles. The molecule has 124 valence electrons. The topological polar surface area (TPSA) is 59.9 Å². The fraction of sp³-hybridized carbons (Fsp3) is 0.556. The third kappa shape index (κ3) is 2.92. The van der Waals surface area contributed by atoms with E-state index in [4.69, 9.17) is 9.47 Å². The molecule has 0 aromatic heterocycles. The second kappa shape index (κ2) is 6.22. The molecule has 2 aliphatic carbocycles. The van der Waals surface area contributed by atoms with Crippen LogP contribution < -0.4 is 14.9 Å². The van der Waals surface area contributed by atoms with Crippen LogP contribution >= 0.6 is 0 Å². The van der Waals surface area contributed by atoms with Gasteiger partial charge in [0.15, 0.2) is 0 Å². The molecule has 0 spiro atoms. The lowest BCUT2D eigenvalue weighted by Gasteiger charge is -2.15. The summed E-state index contributed by atoms with van der Waals surface area (Å²) in [6.07, 6.45) is 6.41. The summed E-state index contributed by atoms with van der Waals surface area (Å²) in [6, 6.07) is 5.47. The van der Waals surface area contributed by atoms with E-state index in [1.165, 1.54) is 19.3 Å². The van der Waals surface area contributed by atoms with Crippen LogP contribution in [-0.2, 0) is 4.79 Å². The first-order valence-electron chi connectivity index (χ1n) is 8.15. The van der Waals surface area contributed by atoms with E-state index in [0.29, 0.717) is 11.7 Å². The van der Waals surface area contributed by atoms with Crippen molar-refractivity contribution in [2.75, 3.05) is 14.2 Å². The number of hydrogen-bond acceptors (Lipinski definition) is 4. The zero-order chi connectivity index (χ0) is 16.4. The summed E-state index contributed by atoms with van der Waals surface area (Å²) < 4.78 is 10.5. The summed E-state index contributed by atoms with van der Waals surface area (Å²) in [5.41, 5.74) is 3.67. The van der Waals surface area contributed by atoms with Crippen molar-refractivity contribution in [2.45, 2.75) is 32.6 Å². The highest BCUT2D eigenvalue weighted by atomic mass is 16.5. The average molecular weight is 316 g/mol. The molecule has 0 saturated heterocycles. The monoisotopic (exact) mass is 316 g/mol. The number of carbonyl (C=O) groups is 1. The second-order valence-corrected chi connectivity index (χ2v) is 6.68. The Morgan fingerprint density at radius 3 is 2.83 bits per heavy atom. The van der Waals surface area contributed by atoms with Gasteiger partial charge in [0.2, 0.25) is 5.91 Å². The van der Waals surface area contributed by atoms with Crippen molar-refractivity contribution in [1.82, 2.24) is 5.43 Å². The van der Waals surface area contributed by atoms with Gasteiger partial charge in [0, 0.05) is 11.5 Å². The van der Waals surface area contributed by atoms with Crippen molar-refractivity contribution < 1.29 is 14.3 Å². The Labute approximate surface area is 137 Å². The number of hydrogen-bond donors (Lipinski definition) is 1. The minimum atomic E-state index is 0.0394. The van der Waals surface area contributed by atoms with Crippen LogP contribution in [0.1, 0.15) is 38.2 Å². The molecule has 23 heavy (non-hydrogen) atoms. The molecule has 0 aliphatic heterocycles. The molecule has 0 heterocycles. The molecule has 1 amide bonds. The Balaban J connectivity index is 1.64. The van der Waals surface area contributed by atoms with Gasteiger partial charge in [0.25, 0.3) is 0 Å². The van der Waals surface area contributed by atoms with Crippen LogP contribution in [0.2, 0.25) is 0 Å². The normalized spacial score (nSPS) is 29.0. The van der Waals surface area contributed by atoms with Gasteiger partial charge in [0.1, 0.15) is 11.5 Å². The first kappa shape index (κ1) is 15.8. The zero-order valence-corrected chi connectivity index (χ0v) is 14.0. The average Bonchev–Trinajstić information content (AvgIpc) is 3.20. The molecule has 0 bridgehead atoms. The fourth-order valence-corrected chi connectivity index (χ4v) is 4.03. The van der Waals surface area contributed by atoms with Gasteiger partial charge in [-0.3, -0.25) is 4.79 Å². The van der Waals surface area contributed by atoms with Crippen molar-refractivity contribution in [3.8, 4) is 11.5 Å². The molecule has 3 rings (SSSR count). The first-order chi connectivity index (χ1) is 11.1. The van der Waals surface area contributed by atoms with Gasteiger partial charge < -0.3 is 9.47 Å². The van der Waals surface area contributed by atoms with Crippen LogP contribution in [0, 0.1) is 17.3 Å². The van der Waals surface area contributed by atoms with Crippen molar-refractivity contribution in [1.29, 1.82) is 0 Å². The van der Waals surface area contributed by atoms with Crippen LogP contribution in [0.4, 0.5) is 0 Å². The highest BCUT2D eigenvalue weighted by molar-refractivity contribution is 5.87. The second-order valence-electron chi connectivity index (χ2n) is 6.68. The molecule has 5 heteroatoms. The summed E-state index contributed by atoms with van der Waals surface area (Å²) in [4.78, 5) is 12.4. The van der Waals surface area contributed by atoms with Crippen LogP contribution in [0.3, 0.4) is 0 Å². The van der Waals surface area contributed by atoms with Crippen molar-refractivity contribution in [2.24, 2.45) is 22.4 Å². The molecule has 2 aliphatic rings. The summed E-state index contributed by atoms with van der Waals surface area (Å²) in [6.45, 7) is 2.23. The van der Waals surface area contributed by atoms with Crippen LogP contribution in [0.15, 0.2) is 23.3 Å². The number of hydrazone groups is 1. The van der Waals surface area contributed by atoms with E-state index in [1.54, 1.807) is 20.4 Å². The largest absolute Gasteiger partial charge is 0.497 e. The van der Waals surface area contributed by atoms with Gasteiger partial charge in [-0.2, -0.15) is 5.10 Å². The van der Waals surface area contributed by atoms with Gasteiger partial charge >= 0.3 is 0 Å². The Kier molecular flexibility index (Phi) is 4.28. The van der Waals surface area contributed by atoms with E-state index >= 15 is 0 Å². The summed E-state index contributed by atoms with van der Waals surface area (Å²) >= 11 is 0. The molecule has 0 unspecified atom stereocenters. The smallest absolute Gasteiger partial charge is 0.244 e. The number of fused-ring (bicyclic) bond motifs is 1. The molecular formula is C18H24N2O3. The summed E-state index contributed by atoms with van der Waals surface area (Å²) in [5.74, 6) is 2.11. The Bertz CT molecular complexity index is 629. The molecule has 2 fully saturated rings. The number of nitrogens with zero attached hydrogens (tertiary/aromatic N) is 1. The predicted octanol–water partition coefficient (Wildman–Crippen LogP) is 2.98. The minimum Gasteiger partial charge on any atom is -0.497 e. The SMILES string of the molecule is COc1ccc(OC)c(/C=N/NC(=O)[C@@H]2[C@@H]3CCCC[C@@]23C)c1. The van der Waals surface area contributed by atoms with Gasteiger partial charge in [-0.15, -0.1) is 0 Å². The Hall–Kier alpha value is -2.04. The number of carbonyl (C=O) groups excluding carboxylic acids is 1. The Morgan fingerprint density at radius 2 is 2.17 bits per heavy atom. The lowest BCUT2D eigenvalue weighted by Crippen LogP contribution is -2.22. The van der Waals surface area contributed by atoms with E-state index in [1.807, 2.05) is 18.2 Å². The maximum absolute atomic E-state index is 12.4. The molecule has 2 saturated carbocycles. The summed E-state index contributed by atoms with van der Waals surface area (Å²) in [5, 5.41) is 4.12. The lowest BCUT2D eigenvalue weighted by atomic mass is 9.90. The molecule has 5 nitrogen and oxygen atoms in total. The number of nitrogens with one attached hydrogen (secondary N) is 1. The molecule has 0 radical (unpaired) electrons. The van der Waals surface area contributed by atoms with E-state index in [9.17, 15) is 4.79 Å². The minimum absolute atomic E-state index is 0.0394. The number of methoxy groups -OCH3 is 2. The number of rotatable bonds is 5. The molecule has 1 aromatic rings. The first-order valence-corrected chi connectivity index (χ1v) is 8.15. The molecule has 1 N–H and O–H groups in total. The van der Waals surface area contributed by atoms with Crippen LogP contribution in [0.25, 0.3) is 0 Å². The van der Waals surface area contributed by atoms with Gasteiger partial charge in [-0.25, -0.2) is 5.43 Å². The van der Waals surface area contributed by atoms with E-state index < -0.39 is 0 Å². The van der Waals surface area contributed by atoms with Crippen LogP contribution in [-0.4, -0.2) is 26.3 Å². The summed E-state index contributed by atoms with van der Waals surface area (Å²) in [7, 11) is 3.22. The maximum Gasteiger partial charge on any atom is 0.244 e. The quantitative estimate of drug-likeness (QED) is 0.671. The zero-order valence-electron chi connectivity index (χ0n) is 14.0. The van der Waals surface area contributed by atoms with Gasteiger partial charge in [-0.1, -0.05) is 19.8 Å². The van der Waals surface area contributed by atoms with Gasteiger partial charge in [-0.05, 0) is 42.4 Å². The predicted molar refractivity (Wildman–Crippen MR) is 88.8 cm³/mol. The number of benzene rings is 1. The van der Waals surface area contributed by atoms with E-state index in [2.05, 4.69) is 17.5 Å². The highest BCUT2D eigenvalue weighted by Gasteiger charge is 2.64.